The number of hydrogen-bond acceptors (Lipinski definition) is 4. The molecule has 0 spiro atoms. The molecule has 1 aliphatic rings. The fourth-order valence-corrected chi connectivity index (χ4v) is 1.98. The molecule has 6 nitrogen and oxygen atoms in total. The molecule has 0 saturated heterocycles. The van der Waals surface area contributed by atoms with E-state index in [1.165, 1.54) is 0 Å². The highest BCUT2D eigenvalue weighted by Crippen LogP contribution is 2.29. The van der Waals surface area contributed by atoms with E-state index < -0.39 is 0 Å². The maximum Gasteiger partial charge on any atom is 0.251 e. The van der Waals surface area contributed by atoms with Gasteiger partial charge in [-0.3, -0.25) is 9.59 Å². The van der Waals surface area contributed by atoms with Crippen molar-refractivity contribution >= 4 is 17.5 Å². The quantitative estimate of drug-likeness (QED) is 0.714. The third-order valence-corrected chi connectivity index (χ3v) is 2.94. The molecule has 2 amide bonds. The molecule has 1 aliphatic heterocycles. The topological polar surface area (TPSA) is 87.7 Å². The first kappa shape index (κ1) is 14.3. The van der Waals surface area contributed by atoms with Gasteiger partial charge < -0.3 is 20.5 Å². The maximum absolute atomic E-state index is 11.9. The standard InChI is InChI=1S/C14H18N2O4/c1-9-7-13(18)16-11-8-10(3-4-12(11)20-9)14(19)15-5-2-6-17/h3-4,8-9,17H,2,5-7H2,1H3,(H,15,19)(H,16,18). The van der Waals surface area contributed by atoms with E-state index in [0.717, 1.165) is 0 Å². The van der Waals surface area contributed by atoms with Crippen LogP contribution in [0.2, 0.25) is 0 Å². The number of fused-ring (bicyclic) bond motifs is 1. The Balaban J connectivity index is 2.14. The summed E-state index contributed by atoms with van der Waals surface area (Å²) < 4.78 is 5.61. The first-order chi connectivity index (χ1) is 9.60. The van der Waals surface area contributed by atoms with Crippen LogP contribution in [0.3, 0.4) is 0 Å². The number of aliphatic hydroxyl groups is 1. The summed E-state index contributed by atoms with van der Waals surface area (Å²) in [5, 5.41) is 14.1. The van der Waals surface area contributed by atoms with E-state index in [2.05, 4.69) is 10.6 Å². The van der Waals surface area contributed by atoms with Crippen molar-refractivity contribution in [2.24, 2.45) is 0 Å². The van der Waals surface area contributed by atoms with Gasteiger partial charge >= 0.3 is 0 Å². The van der Waals surface area contributed by atoms with Gasteiger partial charge in [0.2, 0.25) is 5.91 Å². The molecule has 1 aromatic carbocycles. The minimum absolute atomic E-state index is 0.0340. The summed E-state index contributed by atoms with van der Waals surface area (Å²) in [4.78, 5) is 23.5. The predicted molar refractivity (Wildman–Crippen MR) is 73.8 cm³/mol. The molecule has 20 heavy (non-hydrogen) atoms. The van der Waals surface area contributed by atoms with Crippen LogP contribution in [0.4, 0.5) is 5.69 Å². The fraction of sp³-hybridized carbons (Fsp3) is 0.429. The molecule has 1 aromatic rings. The van der Waals surface area contributed by atoms with E-state index >= 15 is 0 Å². The zero-order valence-electron chi connectivity index (χ0n) is 11.3. The van der Waals surface area contributed by atoms with E-state index in [1.807, 2.05) is 6.92 Å². The van der Waals surface area contributed by atoms with Gasteiger partial charge in [0.1, 0.15) is 11.9 Å². The second kappa shape index (κ2) is 6.38. The molecule has 0 radical (unpaired) electrons. The minimum Gasteiger partial charge on any atom is -0.488 e. The zero-order chi connectivity index (χ0) is 14.5. The van der Waals surface area contributed by atoms with E-state index in [0.29, 0.717) is 30.0 Å². The first-order valence-corrected chi connectivity index (χ1v) is 6.60. The van der Waals surface area contributed by atoms with Gasteiger partial charge in [-0.2, -0.15) is 0 Å². The summed E-state index contributed by atoms with van der Waals surface area (Å²) in [7, 11) is 0. The predicted octanol–water partition coefficient (Wildman–Crippen LogP) is 0.908. The largest absolute Gasteiger partial charge is 0.488 e. The van der Waals surface area contributed by atoms with E-state index in [4.69, 9.17) is 9.84 Å². The van der Waals surface area contributed by atoms with Crippen molar-refractivity contribution in [3.63, 3.8) is 0 Å². The van der Waals surface area contributed by atoms with Crippen molar-refractivity contribution in [3.05, 3.63) is 23.8 Å². The lowest BCUT2D eigenvalue weighted by molar-refractivity contribution is -0.117. The van der Waals surface area contributed by atoms with Crippen LogP contribution < -0.4 is 15.4 Å². The number of amides is 2. The van der Waals surface area contributed by atoms with Crippen LogP contribution in [-0.2, 0) is 4.79 Å². The molecule has 1 heterocycles. The number of carbonyl (C=O) groups is 2. The smallest absolute Gasteiger partial charge is 0.251 e. The molecule has 2 rings (SSSR count). The molecule has 0 aliphatic carbocycles. The number of aliphatic hydroxyl groups excluding tert-OH is 1. The van der Waals surface area contributed by atoms with Crippen molar-refractivity contribution in [1.29, 1.82) is 0 Å². The highest BCUT2D eigenvalue weighted by molar-refractivity contribution is 5.98. The minimum atomic E-state index is -0.243. The average Bonchev–Trinajstić information content (AvgIpc) is 2.54. The van der Waals surface area contributed by atoms with Crippen LogP contribution in [-0.4, -0.2) is 36.2 Å². The summed E-state index contributed by atoms with van der Waals surface area (Å²) in [6, 6.07) is 4.93. The van der Waals surface area contributed by atoms with Crippen molar-refractivity contribution in [2.45, 2.75) is 25.9 Å². The lowest BCUT2D eigenvalue weighted by Gasteiger charge is -2.12. The van der Waals surface area contributed by atoms with Gasteiger partial charge in [0.25, 0.3) is 5.91 Å². The summed E-state index contributed by atoms with van der Waals surface area (Å²) in [6.07, 6.45) is 0.598. The monoisotopic (exact) mass is 278 g/mol. The molecule has 0 aromatic heterocycles. The van der Waals surface area contributed by atoms with Crippen molar-refractivity contribution in [3.8, 4) is 5.75 Å². The van der Waals surface area contributed by atoms with Crippen LogP contribution in [0.25, 0.3) is 0 Å². The molecule has 1 unspecified atom stereocenters. The molecular weight excluding hydrogens is 260 g/mol. The number of anilines is 1. The fourth-order valence-electron chi connectivity index (χ4n) is 1.98. The van der Waals surface area contributed by atoms with Gasteiger partial charge in [-0.05, 0) is 31.5 Å². The van der Waals surface area contributed by atoms with Crippen LogP contribution >= 0.6 is 0 Å². The normalized spacial score (nSPS) is 17.5. The van der Waals surface area contributed by atoms with Gasteiger partial charge in [0.15, 0.2) is 0 Å². The summed E-state index contributed by atoms with van der Waals surface area (Å²) in [5.41, 5.74) is 0.953. The third-order valence-electron chi connectivity index (χ3n) is 2.94. The molecule has 0 saturated carbocycles. The van der Waals surface area contributed by atoms with E-state index in [-0.39, 0.29) is 30.9 Å². The van der Waals surface area contributed by atoms with Crippen molar-refractivity contribution in [2.75, 3.05) is 18.5 Å². The van der Waals surface area contributed by atoms with Crippen LogP contribution in [0.1, 0.15) is 30.1 Å². The molecular formula is C14H18N2O4. The Hall–Kier alpha value is -2.08. The number of carbonyl (C=O) groups excluding carboxylic acids is 2. The van der Waals surface area contributed by atoms with Crippen LogP contribution in [0.15, 0.2) is 18.2 Å². The SMILES string of the molecule is CC1CC(=O)Nc2cc(C(=O)NCCCO)ccc2O1. The number of ether oxygens (including phenoxy) is 1. The molecule has 0 bridgehead atoms. The van der Waals surface area contributed by atoms with Gasteiger partial charge in [0, 0.05) is 18.7 Å². The number of rotatable bonds is 4. The Labute approximate surface area is 117 Å². The van der Waals surface area contributed by atoms with Gasteiger partial charge in [-0.1, -0.05) is 0 Å². The number of benzene rings is 1. The highest BCUT2D eigenvalue weighted by atomic mass is 16.5. The second-order valence-corrected chi connectivity index (χ2v) is 4.72. The van der Waals surface area contributed by atoms with Crippen LogP contribution in [0.5, 0.6) is 5.75 Å². The van der Waals surface area contributed by atoms with Gasteiger partial charge in [0.05, 0.1) is 12.1 Å². The maximum atomic E-state index is 11.9. The highest BCUT2D eigenvalue weighted by Gasteiger charge is 2.20. The average molecular weight is 278 g/mol. The third kappa shape index (κ3) is 3.48. The molecule has 6 heteroatoms. The lowest BCUT2D eigenvalue weighted by Crippen LogP contribution is -2.25. The van der Waals surface area contributed by atoms with Crippen molar-refractivity contribution < 1.29 is 19.4 Å². The summed E-state index contributed by atoms with van der Waals surface area (Å²) in [6.45, 7) is 2.27. The van der Waals surface area contributed by atoms with Gasteiger partial charge in [-0.15, -0.1) is 0 Å². The zero-order valence-corrected chi connectivity index (χ0v) is 11.3. The molecule has 3 N–H and O–H groups in total. The van der Waals surface area contributed by atoms with E-state index in [1.54, 1.807) is 18.2 Å². The summed E-state index contributed by atoms with van der Waals surface area (Å²) in [5.74, 6) is 0.192. The van der Waals surface area contributed by atoms with Crippen LogP contribution in [0, 0.1) is 0 Å². The number of hydrogen-bond donors (Lipinski definition) is 3. The molecule has 0 fully saturated rings. The molecule has 1 atom stereocenters. The lowest BCUT2D eigenvalue weighted by atomic mass is 10.1. The van der Waals surface area contributed by atoms with Crippen molar-refractivity contribution in [1.82, 2.24) is 5.32 Å². The Morgan fingerprint density at radius 3 is 3.10 bits per heavy atom. The summed E-state index contributed by atoms with van der Waals surface area (Å²) >= 11 is 0. The second-order valence-electron chi connectivity index (χ2n) is 4.72. The Kier molecular flexibility index (Phi) is 4.57. The Bertz CT molecular complexity index is 516. The van der Waals surface area contributed by atoms with Gasteiger partial charge in [-0.25, -0.2) is 0 Å². The molecule has 108 valence electrons. The number of nitrogens with one attached hydrogen (secondary N) is 2. The Morgan fingerprint density at radius 2 is 2.35 bits per heavy atom. The first-order valence-electron chi connectivity index (χ1n) is 6.60. The van der Waals surface area contributed by atoms with E-state index in [9.17, 15) is 9.59 Å². The Morgan fingerprint density at radius 1 is 1.55 bits per heavy atom.